The van der Waals surface area contributed by atoms with Gasteiger partial charge in [-0.05, 0) is 40.1 Å². The Morgan fingerprint density at radius 2 is 0.926 bits per heavy atom. The van der Waals surface area contributed by atoms with Gasteiger partial charge >= 0.3 is 0 Å². The van der Waals surface area contributed by atoms with Gasteiger partial charge in [0.05, 0.1) is 0 Å². The number of unbranched alkanes of at least 4 members (excludes halogenated alkanes) is 2. The van der Waals surface area contributed by atoms with Crippen LogP contribution in [0.2, 0.25) is 0 Å². The summed E-state index contributed by atoms with van der Waals surface area (Å²) < 4.78 is 0. The Morgan fingerprint density at radius 1 is 0.481 bits per heavy atom. The second kappa shape index (κ2) is 8.27. The SMILES string of the molecule is C(#Cc1cccc2ccccc12)CCCC#Cc1cccc2ccccc12. The van der Waals surface area contributed by atoms with Crippen LogP contribution in [0, 0.1) is 23.7 Å². The predicted molar refractivity (Wildman–Crippen MR) is 116 cm³/mol. The van der Waals surface area contributed by atoms with E-state index in [2.05, 4.69) is 109 Å². The van der Waals surface area contributed by atoms with Gasteiger partial charge in [0, 0.05) is 24.0 Å². The second-order valence-corrected chi connectivity index (χ2v) is 6.51. The van der Waals surface area contributed by atoms with Crippen molar-refractivity contribution in [1.29, 1.82) is 0 Å². The van der Waals surface area contributed by atoms with Crippen molar-refractivity contribution in [2.24, 2.45) is 0 Å². The van der Waals surface area contributed by atoms with Crippen molar-refractivity contribution in [1.82, 2.24) is 0 Å². The third-order valence-corrected chi connectivity index (χ3v) is 4.63. The van der Waals surface area contributed by atoms with Crippen LogP contribution in [-0.4, -0.2) is 0 Å². The fourth-order valence-electron chi connectivity index (χ4n) is 3.25. The maximum Gasteiger partial charge on any atom is 0.0323 e. The molecule has 0 N–H and O–H groups in total. The molecule has 0 bridgehead atoms. The van der Waals surface area contributed by atoms with Crippen LogP contribution in [0.1, 0.15) is 30.4 Å². The molecule has 0 aromatic heterocycles. The Morgan fingerprint density at radius 3 is 1.44 bits per heavy atom. The Hall–Kier alpha value is -3.48. The van der Waals surface area contributed by atoms with E-state index in [-0.39, 0.29) is 0 Å². The van der Waals surface area contributed by atoms with Gasteiger partial charge in [-0.25, -0.2) is 0 Å². The molecule has 0 aliphatic carbocycles. The molecule has 0 aliphatic heterocycles. The molecule has 0 spiro atoms. The maximum absolute atomic E-state index is 3.32. The number of benzene rings is 4. The first-order valence-electron chi connectivity index (χ1n) is 9.35. The molecule has 0 heterocycles. The van der Waals surface area contributed by atoms with E-state index in [0.29, 0.717) is 0 Å². The fourth-order valence-corrected chi connectivity index (χ4v) is 3.25. The van der Waals surface area contributed by atoms with Gasteiger partial charge in [0.15, 0.2) is 0 Å². The van der Waals surface area contributed by atoms with E-state index in [0.717, 1.165) is 30.4 Å². The van der Waals surface area contributed by atoms with Crippen LogP contribution in [0.4, 0.5) is 0 Å². The van der Waals surface area contributed by atoms with E-state index < -0.39 is 0 Å². The molecular weight excluding hydrogens is 324 g/mol. The number of fused-ring (bicyclic) bond motifs is 2. The smallest absolute Gasteiger partial charge is 0.0323 e. The quantitative estimate of drug-likeness (QED) is 0.285. The Labute approximate surface area is 160 Å². The highest BCUT2D eigenvalue weighted by Gasteiger charge is 1.97. The Bertz CT molecular complexity index is 1100. The summed E-state index contributed by atoms with van der Waals surface area (Å²) in [4.78, 5) is 0. The van der Waals surface area contributed by atoms with E-state index in [4.69, 9.17) is 0 Å². The first kappa shape index (κ1) is 17.0. The van der Waals surface area contributed by atoms with Crippen LogP contribution in [0.3, 0.4) is 0 Å². The average molecular weight is 344 g/mol. The molecule has 0 amide bonds. The zero-order valence-electron chi connectivity index (χ0n) is 15.2. The number of hydrogen-bond donors (Lipinski definition) is 0. The molecule has 0 saturated carbocycles. The summed E-state index contributed by atoms with van der Waals surface area (Å²) in [6.45, 7) is 0. The zero-order valence-corrected chi connectivity index (χ0v) is 15.2. The predicted octanol–water partition coefficient (Wildman–Crippen LogP) is 6.57. The highest BCUT2D eigenvalue weighted by Crippen LogP contribution is 2.18. The van der Waals surface area contributed by atoms with Crippen LogP contribution in [0.25, 0.3) is 21.5 Å². The van der Waals surface area contributed by atoms with E-state index >= 15 is 0 Å². The van der Waals surface area contributed by atoms with Crippen molar-refractivity contribution < 1.29 is 0 Å². The largest absolute Gasteiger partial charge is 0.0978 e. The summed E-state index contributed by atoms with van der Waals surface area (Å²) in [6, 6.07) is 29.4. The zero-order chi connectivity index (χ0) is 18.3. The number of rotatable bonds is 2. The summed E-state index contributed by atoms with van der Waals surface area (Å²) >= 11 is 0. The van der Waals surface area contributed by atoms with Crippen molar-refractivity contribution in [3.05, 3.63) is 96.1 Å². The van der Waals surface area contributed by atoms with Crippen LogP contribution in [-0.2, 0) is 0 Å². The summed E-state index contributed by atoms with van der Waals surface area (Å²) in [6.07, 6.45) is 2.73. The van der Waals surface area contributed by atoms with Crippen LogP contribution >= 0.6 is 0 Å². The van der Waals surface area contributed by atoms with Gasteiger partial charge in [0.2, 0.25) is 0 Å². The van der Waals surface area contributed by atoms with Gasteiger partial charge in [-0.15, -0.1) is 0 Å². The van der Waals surface area contributed by atoms with E-state index in [1.807, 2.05) is 0 Å². The van der Waals surface area contributed by atoms with Gasteiger partial charge < -0.3 is 0 Å². The minimum absolute atomic E-state index is 0.868. The molecule has 0 atom stereocenters. The van der Waals surface area contributed by atoms with Gasteiger partial charge in [-0.1, -0.05) is 96.5 Å². The van der Waals surface area contributed by atoms with Crippen molar-refractivity contribution in [3.8, 4) is 23.7 Å². The first-order valence-corrected chi connectivity index (χ1v) is 9.35. The lowest BCUT2D eigenvalue weighted by Crippen LogP contribution is -1.80. The fraction of sp³-hybridized carbons (Fsp3) is 0.111. The molecule has 0 aliphatic rings. The summed E-state index contributed by atoms with van der Waals surface area (Å²) in [5.41, 5.74) is 2.21. The Balaban J connectivity index is 1.38. The highest BCUT2D eigenvalue weighted by atomic mass is 14.0. The van der Waals surface area contributed by atoms with Crippen molar-refractivity contribution >= 4 is 21.5 Å². The van der Waals surface area contributed by atoms with Gasteiger partial charge in [0.1, 0.15) is 0 Å². The molecule has 0 fully saturated rings. The monoisotopic (exact) mass is 344 g/mol. The van der Waals surface area contributed by atoms with Gasteiger partial charge in [-0.3, -0.25) is 0 Å². The highest BCUT2D eigenvalue weighted by molar-refractivity contribution is 5.88. The maximum atomic E-state index is 3.32. The van der Waals surface area contributed by atoms with Crippen molar-refractivity contribution in [2.45, 2.75) is 19.3 Å². The summed E-state index contributed by atoms with van der Waals surface area (Å²) in [7, 11) is 0. The molecular formula is C27H20. The molecule has 0 saturated heterocycles. The van der Waals surface area contributed by atoms with Crippen LogP contribution in [0.15, 0.2) is 84.9 Å². The molecule has 4 aromatic rings. The lowest BCUT2D eigenvalue weighted by molar-refractivity contribution is 0.903. The van der Waals surface area contributed by atoms with Gasteiger partial charge in [-0.2, -0.15) is 0 Å². The minimum Gasteiger partial charge on any atom is -0.0978 e. The van der Waals surface area contributed by atoms with E-state index in [9.17, 15) is 0 Å². The third-order valence-electron chi connectivity index (χ3n) is 4.63. The topological polar surface area (TPSA) is 0 Å². The molecule has 0 nitrogen and oxygen atoms in total. The van der Waals surface area contributed by atoms with Crippen molar-refractivity contribution in [3.63, 3.8) is 0 Å². The van der Waals surface area contributed by atoms with Gasteiger partial charge in [0.25, 0.3) is 0 Å². The standard InChI is InChI=1S/C27H20/c1(2-4-12-22-16-10-18-24-14-6-8-20-26(22)24)3-5-13-23-17-11-19-25-15-7-9-21-27(23)25/h6-11,14-21H,1-3H2. The minimum atomic E-state index is 0.868. The molecule has 0 unspecified atom stereocenters. The Kier molecular flexibility index (Phi) is 5.19. The summed E-state index contributed by atoms with van der Waals surface area (Å²) in [5, 5.41) is 4.93. The van der Waals surface area contributed by atoms with E-state index in [1.54, 1.807) is 0 Å². The number of hydrogen-bond acceptors (Lipinski definition) is 0. The molecule has 128 valence electrons. The first-order chi connectivity index (χ1) is 13.4. The molecule has 4 rings (SSSR count). The van der Waals surface area contributed by atoms with Crippen LogP contribution < -0.4 is 0 Å². The van der Waals surface area contributed by atoms with Crippen LogP contribution in [0.5, 0.6) is 0 Å². The lowest BCUT2D eigenvalue weighted by atomic mass is 10.0. The lowest BCUT2D eigenvalue weighted by Gasteiger charge is -1.99. The van der Waals surface area contributed by atoms with Crippen molar-refractivity contribution in [2.75, 3.05) is 0 Å². The third kappa shape index (κ3) is 4.03. The molecule has 0 radical (unpaired) electrons. The average Bonchev–Trinajstić information content (AvgIpc) is 2.73. The molecule has 4 aromatic carbocycles. The van der Waals surface area contributed by atoms with E-state index in [1.165, 1.54) is 21.5 Å². The molecule has 27 heavy (non-hydrogen) atoms. The molecule has 0 heteroatoms. The normalized spacial score (nSPS) is 10.1. The second-order valence-electron chi connectivity index (χ2n) is 6.51. The summed E-state index contributed by atoms with van der Waals surface area (Å²) in [5.74, 6) is 13.3.